The minimum atomic E-state index is -0.675. The predicted molar refractivity (Wildman–Crippen MR) is 119 cm³/mol. The highest BCUT2D eigenvalue weighted by atomic mass is 35.5. The summed E-state index contributed by atoms with van der Waals surface area (Å²) in [5.41, 5.74) is 10.1. The van der Waals surface area contributed by atoms with E-state index in [1.54, 1.807) is 9.80 Å². The number of nitrogens with two attached hydrogens (primary N) is 2. The van der Waals surface area contributed by atoms with Crippen LogP contribution >= 0.6 is 11.6 Å². The largest absolute Gasteiger partial charge is 0.378 e. The number of aromatic nitrogens is 4. The molecular weight excluding hydrogens is 476 g/mol. The molecule has 0 spiro atoms. The number of nitro groups is 2. The number of amides is 1. The lowest BCUT2D eigenvalue weighted by atomic mass is 10.2. The summed E-state index contributed by atoms with van der Waals surface area (Å²) in [6.45, 7) is 2.71. The highest BCUT2D eigenvalue weighted by Crippen LogP contribution is 2.22. The van der Waals surface area contributed by atoms with Crippen molar-refractivity contribution in [1.82, 2.24) is 24.8 Å². The molecule has 1 atom stereocenters. The van der Waals surface area contributed by atoms with Gasteiger partial charge in [-0.3, -0.25) is 25.0 Å². The van der Waals surface area contributed by atoms with Crippen LogP contribution in [0.3, 0.4) is 0 Å². The standard InChI is InChI=1S/C13H18N6O4.C4H3ClN4O2/c14-11-9(19(21)22)7-15-13(16-11)18-5-6-23-10(8-18)12(20)17-3-1-2-4-17;5-4-7-1-2(9(10)11)3(6)8-4/h7,10H,1-6,8H2,(H2,14,15,16);1H,(H2,6,7,8)/t10-;/m1./s1. The van der Waals surface area contributed by atoms with Crippen LogP contribution in [0.2, 0.25) is 5.28 Å². The molecule has 17 heteroatoms. The van der Waals surface area contributed by atoms with E-state index in [9.17, 15) is 25.0 Å². The molecule has 0 aromatic carbocycles. The molecule has 2 fully saturated rings. The van der Waals surface area contributed by atoms with E-state index in [0.717, 1.165) is 38.3 Å². The first kappa shape index (κ1) is 24.7. The van der Waals surface area contributed by atoms with Crippen molar-refractivity contribution in [3.63, 3.8) is 0 Å². The number of likely N-dealkylation sites (tertiary alicyclic amines) is 1. The van der Waals surface area contributed by atoms with Gasteiger partial charge in [-0.2, -0.15) is 9.97 Å². The van der Waals surface area contributed by atoms with E-state index in [1.165, 1.54) is 0 Å². The van der Waals surface area contributed by atoms with E-state index in [2.05, 4.69) is 19.9 Å². The normalized spacial score (nSPS) is 17.6. The van der Waals surface area contributed by atoms with E-state index >= 15 is 0 Å². The van der Waals surface area contributed by atoms with E-state index in [1.807, 2.05) is 0 Å². The number of hydrogen-bond acceptors (Lipinski definition) is 13. The summed E-state index contributed by atoms with van der Waals surface area (Å²) in [7, 11) is 0. The van der Waals surface area contributed by atoms with Gasteiger partial charge >= 0.3 is 11.4 Å². The van der Waals surface area contributed by atoms with Crippen LogP contribution in [0.25, 0.3) is 0 Å². The molecule has 0 bridgehead atoms. The molecule has 182 valence electrons. The maximum absolute atomic E-state index is 12.4. The van der Waals surface area contributed by atoms with Gasteiger partial charge in [0.1, 0.15) is 12.4 Å². The summed E-state index contributed by atoms with van der Waals surface area (Å²) >= 11 is 5.30. The fraction of sp³-hybridized carbons (Fsp3) is 0.471. The molecule has 0 saturated carbocycles. The summed E-state index contributed by atoms with van der Waals surface area (Å²) < 4.78 is 5.57. The van der Waals surface area contributed by atoms with Gasteiger partial charge in [-0.15, -0.1) is 0 Å². The molecule has 4 N–H and O–H groups in total. The van der Waals surface area contributed by atoms with Crippen molar-refractivity contribution in [3.05, 3.63) is 37.9 Å². The minimum absolute atomic E-state index is 0.0258. The molecule has 2 aliphatic rings. The number of rotatable bonds is 4. The predicted octanol–water partition coefficient (Wildman–Crippen LogP) is 0.415. The second-order valence-electron chi connectivity index (χ2n) is 7.20. The molecule has 34 heavy (non-hydrogen) atoms. The molecule has 1 amide bonds. The summed E-state index contributed by atoms with van der Waals surface area (Å²) in [6, 6.07) is 0. The van der Waals surface area contributed by atoms with Crippen molar-refractivity contribution in [3.8, 4) is 0 Å². The van der Waals surface area contributed by atoms with Crippen LogP contribution in [-0.2, 0) is 9.53 Å². The number of halogens is 1. The highest BCUT2D eigenvalue weighted by molar-refractivity contribution is 6.28. The molecule has 2 aromatic rings. The Morgan fingerprint density at radius 1 is 1.03 bits per heavy atom. The van der Waals surface area contributed by atoms with Gasteiger partial charge in [0.25, 0.3) is 5.91 Å². The Hall–Kier alpha value is -3.92. The average Bonchev–Trinajstić information content (AvgIpc) is 3.33. The van der Waals surface area contributed by atoms with Crippen LogP contribution in [0.5, 0.6) is 0 Å². The third kappa shape index (κ3) is 5.90. The summed E-state index contributed by atoms with van der Waals surface area (Å²) in [5, 5.41) is 20.8. The maximum atomic E-state index is 12.4. The molecule has 2 aromatic heterocycles. The zero-order chi connectivity index (χ0) is 24.8. The lowest BCUT2D eigenvalue weighted by Gasteiger charge is -2.33. The van der Waals surface area contributed by atoms with Gasteiger partial charge in [0, 0.05) is 19.6 Å². The Balaban J connectivity index is 0.000000248. The molecule has 2 aliphatic heterocycles. The third-order valence-electron chi connectivity index (χ3n) is 4.99. The summed E-state index contributed by atoms with van der Waals surface area (Å²) in [4.78, 5) is 50.3. The quantitative estimate of drug-likeness (QED) is 0.332. The van der Waals surface area contributed by atoms with Gasteiger partial charge in [-0.25, -0.2) is 9.97 Å². The molecule has 4 rings (SSSR count). The van der Waals surface area contributed by atoms with E-state index in [-0.39, 0.29) is 40.1 Å². The minimum Gasteiger partial charge on any atom is -0.378 e. The van der Waals surface area contributed by atoms with Crippen molar-refractivity contribution in [2.45, 2.75) is 18.9 Å². The van der Waals surface area contributed by atoms with E-state index in [0.29, 0.717) is 19.7 Å². The molecule has 0 aliphatic carbocycles. The number of carbonyl (C=O) groups is 1. The third-order valence-corrected chi connectivity index (χ3v) is 5.17. The fourth-order valence-corrected chi connectivity index (χ4v) is 3.44. The van der Waals surface area contributed by atoms with Crippen molar-refractivity contribution in [1.29, 1.82) is 0 Å². The van der Waals surface area contributed by atoms with E-state index < -0.39 is 16.0 Å². The monoisotopic (exact) mass is 496 g/mol. The van der Waals surface area contributed by atoms with Gasteiger partial charge in [0.2, 0.25) is 22.9 Å². The highest BCUT2D eigenvalue weighted by Gasteiger charge is 2.32. The molecule has 16 nitrogen and oxygen atoms in total. The maximum Gasteiger partial charge on any atom is 0.329 e. The first-order valence-corrected chi connectivity index (χ1v) is 10.4. The zero-order valence-electron chi connectivity index (χ0n) is 17.7. The Morgan fingerprint density at radius 2 is 1.62 bits per heavy atom. The van der Waals surface area contributed by atoms with Gasteiger partial charge in [-0.05, 0) is 24.4 Å². The van der Waals surface area contributed by atoms with E-state index in [4.69, 9.17) is 27.8 Å². The Bertz CT molecular complexity index is 1080. The summed E-state index contributed by atoms with van der Waals surface area (Å²) in [5.74, 6) is -0.165. The Morgan fingerprint density at radius 3 is 2.18 bits per heavy atom. The first-order valence-electron chi connectivity index (χ1n) is 10.0. The second-order valence-corrected chi connectivity index (χ2v) is 7.54. The summed E-state index contributed by atoms with van der Waals surface area (Å²) in [6.07, 6.45) is 3.52. The molecular formula is C17H21ClN10O6. The van der Waals surface area contributed by atoms with Crippen LogP contribution in [0.1, 0.15) is 12.8 Å². The first-order chi connectivity index (χ1) is 16.2. The lowest BCUT2D eigenvalue weighted by molar-refractivity contribution is -0.384. The van der Waals surface area contributed by atoms with Crippen LogP contribution in [0.4, 0.5) is 29.0 Å². The van der Waals surface area contributed by atoms with Gasteiger partial charge in [0.15, 0.2) is 6.10 Å². The van der Waals surface area contributed by atoms with Gasteiger partial charge in [0.05, 0.1) is 23.0 Å². The molecule has 4 heterocycles. The van der Waals surface area contributed by atoms with Crippen LogP contribution in [-0.4, -0.2) is 79.5 Å². The van der Waals surface area contributed by atoms with Gasteiger partial charge < -0.3 is 26.0 Å². The Labute approximate surface area is 197 Å². The topological polar surface area (TPSA) is 223 Å². The number of nitrogen functional groups attached to an aromatic ring is 2. The zero-order valence-corrected chi connectivity index (χ0v) is 18.5. The second kappa shape index (κ2) is 10.8. The molecule has 0 radical (unpaired) electrons. The average molecular weight is 497 g/mol. The number of morpholine rings is 1. The van der Waals surface area contributed by atoms with Crippen molar-refractivity contribution in [2.75, 3.05) is 49.2 Å². The van der Waals surface area contributed by atoms with Gasteiger partial charge in [-0.1, -0.05) is 0 Å². The number of carbonyl (C=O) groups excluding carboxylic acids is 1. The Kier molecular flexibility index (Phi) is 7.85. The van der Waals surface area contributed by atoms with Crippen molar-refractivity contribution in [2.24, 2.45) is 0 Å². The number of anilines is 3. The molecule has 2 saturated heterocycles. The number of nitrogens with zero attached hydrogens (tertiary/aromatic N) is 8. The van der Waals surface area contributed by atoms with Crippen molar-refractivity contribution >= 4 is 46.5 Å². The smallest absolute Gasteiger partial charge is 0.329 e. The number of ether oxygens (including phenoxy) is 1. The fourth-order valence-electron chi connectivity index (χ4n) is 3.30. The van der Waals surface area contributed by atoms with Crippen LogP contribution in [0.15, 0.2) is 12.4 Å². The van der Waals surface area contributed by atoms with Crippen LogP contribution in [0, 0.1) is 20.2 Å². The van der Waals surface area contributed by atoms with Crippen molar-refractivity contribution < 1.29 is 19.4 Å². The molecule has 0 unspecified atom stereocenters. The van der Waals surface area contributed by atoms with Crippen LogP contribution < -0.4 is 16.4 Å². The number of hydrogen-bond donors (Lipinski definition) is 2. The SMILES string of the molecule is Nc1nc(Cl)ncc1[N+](=O)[O-].Nc1nc(N2CCO[C@@H](C(=O)N3CCCC3)C2)ncc1[N+](=O)[O-]. The lowest BCUT2D eigenvalue weighted by Crippen LogP contribution is -2.51.